The lowest BCUT2D eigenvalue weighted by molar-refractivity contribution is 0.372. The molecule has 0 heterocycles. The van der Waals surface area contributed by atoms with E-state index < -0.39 is 7.75 Å². The van der Waals surface area contributed by atoms with Crippen molar-refractivity contribution < 1.29 is 13.6 Å². The van der Waals surface area contributed by atoms with E-state index >= 15 is 0 Å². The van der Waals surface area contributed by atoms with E-state index in [1.54, 1.807) is 67.6 Å². The van der Waals surface area contributed by atoms with Crippen LogP contribution in [-0.4, -0.2) is 5.71 Å². The molecule has 3 rings (SSSR count). The van der Waals surface area contributed by atoms with Gasteiger partial charge in [-0.15, -0.1) is 0 Å². The zero-order chi connectivity index (χ0) is 19.1. The summed E-state index contributed by atoms with van der Waals surface area (Å²) < 4.78 is 24.5. The minimum absolute atomic E-state index is 0.406. The highest BCUT2D eigenvalue weighted by Crippen LogP contribution is 2.44. The maximum absolute atomic E-state index is 13.3. The van der Waals surface area contributed by atoms with E-state index in [0.717, 1.165) is 5.56 Å². The summed E-state index contributed by atoms with van der Waals surface area (Å²) in [4.78, 5) is 0. The SMILES string of the molecule is CC(=NNP(=O)(Oc1ccccc1)Oc1ccccc1)c1ccc(Cl)cc1. The number of rotatable bonds is 7. The maximum Gasteiger partial charge on any atom is 0.557 e. The summed E-state index contributed by atoms with van der Waals surface area (Å²) in [7, 11) is -3.81. The molecule has 5 nitrogen and oxygen atoms in total. The van der Waals surface area contributed by atoms with Crippen molar-refractivity contribution in [3.63, 3.8) is 0 Å². The average Bonchev–Trinajstić information content (AvgIpc) is 2.68. The van der Waals surface area contributed by atoms with E-state index in [-0.39, 0.29) is 0 Å². The standard InChI is InChI=1S/C20H18ClN2O3P/c1-16(17-12-14-18(21)15-13-17)22-23-27(24,25-19-8-4-2-5-9-19)26-20-10-6-3-7-11-20/h2-15H,1H3,(H,23,24). The molecule has 27 heavy (non-hydrogen) atoms. The van der Waals surface area contributed by atoms with Crippen LogP contribution >= 0.6 is 19.3 Å². The molecule has 138 valence electrons. The largest absolute Gasteiger partial charge is 0.557 e. The second-order valence-electron chi connectivity index (χ2n) is 5.61. The van der Waals surface area contributed by atoms with Gasteiger partial charge < -0.3 is 9.05 Å². The van der Waals surface area contributed by atoms with Crippen LogP contribution in [0.2, 0.25) is 5.02 Å². The Labute approximate surface area is 163 Å². The smallest absolute Gasteiger partial charge is 0.399 e. The van der Waals surface area contributed by atoms with Gasteiger partial charge in [-0.25, -0.2) is 4.57 Å². The van der Waals surface area contributed by atoms with Crippen molar-refractivity contribution in [2.24, 2.45) is 5.10 Å². The Bertz CT molecular complexity index is 902. The Hall–Kier alpha value is -2.75. The number of para-hydroxylation sites is 2. The van der Waals surface area contributed by atoms with Crippen LogP contribution in [0.4, 0.5) is 0 Å². The van der Waals surface area contributed by atoms with Gasteiger partial charge in [0.05, 0.1) is 5.71 Å². The molecule has 0 aliphatic carbocycles. The van der Waals surface area contributed by atoms with Crippen LogP contribution in [0.1, 0.15) is 12.5 Å². The first-order chi connectivity index (χ1) is 13.0. The van der Waals surface area contributed by atoms with Gasteiger partial charge >= 0.3 is 7.75 Å². The Morgan fingerprint density at radius 3 is 1.81 bits per heavy atom. The minimum atomic E-state index is -3.81. The van der Waals surface area contributed by atoms with Gasteiger partial charge in [-0.2, -0.15) is 10.3 Å². The fraction of sp³-hybridized carbons (Fsp3) is 0.0500. The molecule has 0 saturated carbocycles. The highest BCUT2D eigenvalue weighted by Gasteiger charge is 2.28. The maximum atomic E-state index is 13.3. The number of benzene rings is 3. The zero-order valence-corrected chi connectivity index (χ0v) is 16.2. The van der Waals surface area contributed by atoms with Crippen molar-refractivity contribution in [2.45, 2.75) is 6.92 Å². The molecule has 0 radical (unpaired) electrons. The Morgan fingerprint density at radius 2 is 1.33 bits per heavy atom. The highest BCUT2D eigenvalue weighted by molar-refractivity contribution is 7.52. The second-order valence-corrected chi connectivity index (χ2v) is 7.61. The first kappa shape index (κ1) is 19.0. The first-order valence-corrected chi connectivity index (χ1v) is 10.1. The molecule has 7 heteroatoms. The third-order valence-electron chi connectivity index (χ3n) is 3.54. The Morgan fingerprint density at radius 1 is 0.852 bits per heavy atom. The molecule has 0 amide bonds. The van der Waals surface area contributed by atoms with Crippen LogP contribution in [0.15, 0.2) is 90.0 Å². The van der Waals surface area contributed by atoms with E-state index in [2.05, 4.69) is 10.3 Å². The van der Waals surface area contributed by atoms with Crippen molar-refractivity contribution in [3.8, 4) is 11.5 Å². The molecule has 0 aromatic heterocycles. The van der Waals surface area contributed by atoms with E-state index in [4.69, 9.17) is 20.6 Å². The van der Waals surface area contributed by atoms with Gasteiger partial charge in [0, 0.05) is 5.02 Å². The van der Waals surface area contributed by atoms with Crippen LogP contribution < -0.4 is 14.2 Å². The summed E-state index contributed by atoms with van der Waals surface area (Å²) in [5.41, 5.74) is 1.44. The lowest BCUT2D eigenvalue weighted by atomic mass is 10.1. The minimum Gasteiger partial charge on any atom is -0.399 e. The molecule has 0 aliphatic heterocycles. The summed E-state index contributed by atoms with van der Waals surface area (Å²) >= 11 is 5.91. The van der Waals surface area contributed by atoms with Crippen LogP contribution in [0.3, 0.4) is 0 Å². The molecule has 0 bridgehead atoms. The van der Waals surface area contributed by atoms with Crippen LogP contribution in [0.5, 0.6) is 11.5 Å². The number of nitrogens with one attached hydrogen (secondary N) is 1. The summed E-state index contributed by atoms with van der Waals surface area (Å²) in [6.45, 7) is 1.78. The molecule has 3 aromatic carbocycles. The predicted molar refractivity (Wildman–Crippen MR) is 109 cm³/mol. The molecular formula is C20H18ClN2O3P. The lowest BCUT2D eigenvalue weighted by Gasteiger charge is -2.19. The van der Waals surface area contributed by atoms with Crippen LogP contribution in [0, 0.1) is 0 Å². The molecular weight excluding hydrogens is 383 g/mol. The molecule has 0 fully saturated rings. The van der Waals surface area contributed by atoms with E-state index in [9.17, 15) is 4.57 Å². The fourth-order valence-corrected chi connectivity index (χ4v) is 3.51. The molecule has 1 N–H and O–H groups in total. The second kappa shape index (κ2) is 8.76. The number of nitrogens with zero attached hydrogens (tertiary/aromatic N) is 1. The molecule has 0 saturated heterocycles. The van der Waals surface area contributed by atoms with Crippen molar-refractivity contribution in [1.82, 2.24) is 5.20 Å². The monoisotopic (exact) mass is 400 g/mol. The third kappa shape index (κ3) is 5.61. The van der Waals surface area contributed by atoms with Crippen molar-refractivity contribution in [1.29, 1.82) is 0 Å². The zero-order valence-electron chi connectivity index (χ0n) is 14.6. The fourth-order valence-electron chi connectivity index (χ4n) is 2.19. The third-order valence-corrected chi connectivity index (χ3v) is 5.04. The number of halogens is 1. The summed E-state index contributed by atoms with van der Waals surface area (Å²) in [6, 6.07) is 24.7. The van der Waals surface area contributed by atoms with Gasteiger partial charge in [0.1, 0.15) is 11.5 Å². The summed E-state index contributed by atoms with van der Waals surface area (Å²) in [5.74, 6) is 0.812. The Kier molecular flexibility index (Phi) is 6.17. The molecule has 0 aliphatic rings. The van der Waals surface area contributed by atoms with Gasteiger partial charge in [0.25, 0.3) is 0 Å². The number of hydrogen-bond acceptors (Lipinski definition) is 4. The van der Waals surface area contributed by atoms with Gasteiger partial charge in [-0.3, -0.25) is 0 Å². The molecule has 0 spiro atoms. The normalized spacial score (nSPS) is 11.7. The summed E-state index contributed by atoms with van der Waals surface area (Å²) in [6.07, 6.45) is 0. The summed E-state index contributed by atoms with van der Waals surface area (Å²) in [5, 5.41) is 7.40. The highest BCUT2D eigenvalue weighted by atomic mass is 35.5. The molecule has 0 atom stereocenters. The quantitative estimate of drug-likeness (QED) is 0.304. The van der Waals surface area contributed by atoms with E-state index in [0.29, 0.717) is 22.2 Å². The first-order valence-electron chi connectivity index (χ1n) is 8.21. The van der Waals surface area contributed by atoms with Crippen molar-refractivity contribution >= 4 is 25.1 Å². The van der Waals surface area contributed by atoms with Crippen molar-refractivity contribution in [2.75, 3.05) is 0 Å². The van der Waals surface area contributed by atoms with Crippen molar-refractivity contribution in [3.05, 3.63) is 95.5 Å². The van der Waals surface area contributed by atoms with Gasteiger partial charge in [-0.05, 0) is 48.9 Å². The van der Waals surface area contributed by atoms with Gasteiger partial charge in [-0.1, -0.05) is 60.1 Å². The van der Waals surface area contributed by atoms with E-state index in [1.807, 2.05) is 24.3 Å². The predicted octanol–water partition coefficient (Wildman–Crippen LogP) is 5.92. The number of hydrazone groups is 1. The van der Waals surface area contributed by atoms with E-state index in [1.165, 1.54) is 0 Å². The van der Waals surface area contributed by atoms with Crippen LogP contribution in [0.25, 0.3) is 0 Å². The van der Waals surface area contributed by atoms with Gasteiger partial charge in [0.15, 0.2) is 0 Å². The Balaban J connectivity index is 1.83. The number of hydrogen-bond donors (Lipinski definition) is 1. The molecule has 0 unspecified atom stereocenters. The molecule has 3 aromatic rings. The average molecular weight is 401 g/mol. The van der Waals surface area contributed by atoms with Gasteiger partial charge in [0.2, 0.25) is 0 Å². The topological polar surface area (TPSA) is 59.9 Å². The lowest BCUT2D eigenvalue weighted by Crippen LogP contribution is -2.15. The van der Waals surface area contributed by atoms with Crippen LogP contribution in [-0.2, 0) is 4.57 Å².